The van der Waals surface area contributed by atoms with Crippen LogP contribution in [0.3, 0.4) is 0 Å². The Morgan fingerprint density at radius 1 is 0.825 bits per heavy atom. The number of hydrogen-bond donors (Lipinski definition) is 2. The van der Waals surface area contributed by atoms with E-state index in [4.69, 9.17) is 9.52 Å². The largest absolute Gasteiger partial charge is 0.481 e. The number of carboxylic acids is 1. The number of hydrogen-bond acceptors (Lipinski definition) is 5. The van der Waals surface area contributed by atoms with E-state index in [1.807, 2.05) is 66.7 Å². The molecule has 0 saturated carbocycles. The van der Waals surface area contributed by atoms with Gasteiger partial charge in [0.1, 0.15) is 17.0 Å². The number of furan rings is 1. The van der Waals surface area contributed by atoms with Crippen molar-refractivity contribution in [3.05, 3.63) is 118 Å². The average molecular weight is 535 g/mol. The van der Waals surface area contributed by atoms with Gasteiger partial charge in [0, 0.05) is 36.4 Å². The van der Waals surface area contributed by atoms with Crippen molar-refractivity contribution in [2.75, 3.05) is 11.9 Å². The van der Waals surface area contributed by atoms with Gasteiger partial charge in [-0.1, -0.05) is 85.3 Å². The summed E-state index contributed by atoms with van der Waals surface area (Å²) in [7, 11) is 0. The summed E-state index contributed by atoms with van der Waals surface area (Å²) in [6.07, 6.45) is 2.89. The second-order valence-electron chi connectivity index (χ2n) is 9.76. The Labute approximate surface area is 232 Å². The number of aliphatic carboxylic acids is 1. The number of unbranched alkanes of at least 4 members (excludes halogenated alkanes) is 2. The highest BCUT2D eigenvalue weighted by molar-refractivity contribution is 5.96. The Morgan fingerprint density at radius 3 is 2.27 bits per heavy atom. The summed E-state index contributed by atoms with van der Waals surface area (Å²) in [5.41, 5.74) is 6.19. The molecule has 202 valence electrons. The summed E-state index contributed by atoms with van der Waals surface area (Å²) in [4.78, 5) is 22.1. The lowest BCUT2D eigenvalue weighted by Crippen LogP contribution is -2.05. The lowest BCUT2D eigenvalue weighted by atomic mass is 9.96. The van der Waals surface area contributed by atoms with Gasteiger partial charge in [-0.2, -0.15) is 0 Å². The van der Waals surface area contributed by atoms with E-state index in [0.717, 1.165) is 51.8 Å². The second kappa shape index (κ2) is 12.3. The zero-order valence-electron chi connectivity index (χ0n) is 22.0. The SMILES string of the molecule is O=C(O)CCCCCNc1ccc(-c2ccc(-c3c(Cc4ccccc4)oc4ccccc34)cc2)cc1[N+](=O)[O-]. The summed E-state index contributed by atoms with van der Waals surface area (Å²) in [6.45, 7) is 0.540. The molecule has 7 heteroatoms. The Morgan fingerprint density at radius 2 is 1.52 bits per heavy atom. The number of fused-ring (bicyclic) bond motifs is 1. The van der Waals surface area contributed by atoms with Gasteiger partial charge < -0.3 is 14.8 Å². The fourth-order valence-electron chi connectivity index (χ4n) is 4.96. The van der Waals surface area contributed by atoms with Gasteiger partial charge in [-0.15, -0.1) is 0 Å². The molecule has 2 N–H and O–H groups in total. The number of anilines is 1. The van der Waals surface area contributed by atoms with Crippen LogP contribution in [0.4, 0.5) is 11.4 Å². The summed E-state index contributed by atoms with van der Waals surface area (Å²) < 4.78 is 6.28. The Kier molecular flexibility index (Phi) is 8.21. The van der Waals surface area contributed by atoms with E-state index in [-0.39, 0.29) is 17.0 Å². The van der Waals surface area contributed by atoms with E-state index >= 15 is 0 Å². The molecule has 40 heavy (non-hydrogen) atoms. The smallest absolute Gasteiger partial charge is 0.303 e. The average Bonchev–Trinajstić information content (AvgIpc) is 3.33. The van der Waals surface area contributed by atoms with Crippen LogP contribution in [-0.2, 0) is 11.2 Å². The maximum absolute atomic E-state index is 11.8. The summed E-state index contributed by atoms with van der Waals surface area (Å²) in [5.74, 6) is 0.0899. The van der Waals surface area contributed by atoms with Crippen molar-refractivity contribution in [2.24, 2.45) is 0 Å². The molecule has 0 fully saturated rings. The van der Waals surface area contributed by atoms with E-state index in [9.17, 15) is 14.9 Å². The van der Waals surface area contributed by atoms with Gasteiger partial charge in [0.15, 0.2) is 0 Å². The van der Waals surface area contributed by atoms with Crippen molar-refractivity contribution in [3.63, 3.8) is 0 Å². The number of carbonyl (C=O) groups is 1. The molecule has 0 bridgehead atoms. The molecule has 0 aliphatic heterocycles. The van der Waals surface area contributed by atoms with Gasteiger partial charge >= 0.3 is 5.97 Å². The number of nitro benzene ring substituents is 1. The number of carboxylic acid groups (broad SMARTS) is 1. The van der Waals surface area contributed by atoms with Crippen molar-refractivity contribution in [3.8, 4) is 22.3 Å². The molecular weight excluding hydrogens is 504 g/mol. The van der Waals surface area contributed by atoms with Crippen molar-refractivity contribution in [2.45, 2.75) is 32.1 Å². The van der Waals surface area contributed by atoms with Crippen LogP contribution in [0.15, 0.2) is 101 Å². The molecule has 0 saturated heterocycles. The van der Waals surface area contributed by atoms with Gasteiger partial charge in [-0.05, 0) is 47.2 Å². The predicted molar refractivity (Wildman–Crippen MR) is 158 cm³/mol. The van der Waals surface area contributed by atoms with Crippen molar-refractivity contribution in [1.82, 2.24) is 0 Å². The molecular formula is C33H30N2O5. The third-order valence-corrected chi connectivity index (χ3v) is 6.96. The number of nitro groups is 1. The van der Waals surface area contributed by atoms with Gasteiger partial charge in [0.05, 0.1) is 4.92 Å². The standard InChI is InChI=1S/C33H30N2O5/c36-32(37)13-5-2-8-20-34-28-19-18-26(22-29(28)35(38)39)24-14-16-25(17-15-24)33-27-11-6-7-12-30(27)40-31(33)21-23-9-3-1-4-10-23/h1,3-4,6-7,9-12,14-19,22,34H,2,5,8,13,20-21H2,(H,36,37). The molecule has 0 atom stereocenters. The van der Waals surface area contributed by atoms with Crippen molar-refractivity contribution >= 4 is 28.3 Å². The third kappa shape index (κ3) is 6.21. The highest BCUT2D eigenvalue weighted by Gasteiger charge is 2.18. The van der Waals surface area contributed by atoms with Crippen molar-refractivity contribution < 1.29 is 19.2 Å². The highest BCUT2D eigenvalue weighted by atomic mass is 16.6. The Bertz CT molecular complexity index is 1620. The lowest BCUT2D eigenvalue weighted by Gasteiger charge is -2.10. The molecule has 1 heterocycles. The molecule has 7 nitrogen and oxygen atoms in total. The molecule has 0 amide bonds. The number of para-hydroxylation sites is 1. The Balaban J connectivity index is 1.37. The molecule has 5 aromatic rings. The maximum Gasteiger partial charge on any atom is 0.303 e. The first-order valence-corrected chi connectivity index (χ1v) is 13.4. The number of benzene rings is 4. The van der Waals surface area contributed by atoms with Crippen LogP contribution in [-0.4, -0.2) is 22.5 Å². The molecule has 0 radical (unpaired) electrons. The molecule has 0 unspecified atom stereocenters. The minimum absolute atomic E-state index is 0.0121. The molecule has 0 aliphatic rings. The maximum atomic E-state index is 11.8. The van der Waals surface area contributed by atoms with Crippen LogP contribution in [0.25, 0.3) is 33.2 Å². The number of nitrogens with zero attached hydrogens (tertiary/aromatic N) is 1. The van der Waals surface area contributed by atoms with Gasteiger partial charge in [0.25, 0.3) is 5.69 Å². The Hall–Kier alpha value is -4.91. The minimum Gasteiger partial charge on any atom is -0.481 e. The quantitative estimate of drug-likeness (QED) is 0.0947. The van der Waals surface area contributed by atoms with Gasteiger partial charge in [-0.25, -0.2) is 0 Å². The first-order valence-electron chi connectivity index (χ1n) is 13.4. The fourth-order valence-corrected chi connectivity index (χ4v) is 4.96. The highest BCUT2D eigenvalue weighted by Crippen LogP contribution is 2.38. The van der Waals surface area contributed by atoms with Crippen molar-refractivity contribution in [1.29, 1.82) is 0 Å². The first-order chi connectivity index (χ1) is 19.5. The van der Waals surface area contributed by atoms with E-state index < -0.39 is 5.97 Å². The molecule has 4 aromatic carbocycles. The van der Waals surface area contributed by atoms with E-state index in [2.05, 4.69) is 23.5 Å². The topological polar surface area (TPSA) is 106 Å². The van der Waals surface area contributed by atoms with E-state index in [0.29, 0.717) is 25.1 Å². The van der Waals surface area contributed by atoms with Crippen LogP contribution in [0.1, 0.15) is 37.0 Å². The van der Waals surface area contributed by atoms with Gasteiger partial charge in [0.2, 0.25) is 0 Å². The minimum atomic E-state index is -0.807. The fraction of sp³-hybridized carbons (Fsp3) is 0.182. The third-order valence-electron chi connectivity index (χ3n) is 6.96. The number of rotatable bonds is 12. The molecule has 0 spiro atoms. The monoisotopic (exact) mass is 534 g/mol. The zero-order valence-corrected chi connectivity index (χ0v) is 22.0. The van der Waals surface area contributed by atoms with Crippen LogP contribution in [0.5, 0.6) is 0 Å². The van der Waals surface area contributed by atoms with Crippen LogP contribution in [0.2, 0.25) is 0 Å². The molecule has 0 aliphatic carbocycles. The molecule has 5 rings (SSSR count). The van der Waals surface area contributed by atoms with Crippen LogP contribution >= 0.6 is 0 Å². The second-order valence-corrected chi connectivity index (χ2v) is 9.76. The summed E-state index contributed by atoms with van der Waals surface area (Å²) in [5, 5.41) is 24.8. The predicted octanol–water partition coefficient (Wildman–Crippen LogP) is 8.32. The molecule has 1 aromatic heterocycles. The first kappa shape index (κ1) is 26.7. The van der Waals surface area contributed by atoms with Crippen LogP contribution < -0.4 is 5.32 Å². The van der Waals surface area contributed by atoms with E-state index in [1.54, 1.807) is 12.1 Å². The summed E-state index contributed by atoms with van der Waals surface area (Å²) >= 11 is 0. The lowest BCUT2D eigenvalue weighted by molar-refractivity contribution is -0.383. The summed E-state index contributed by atoms with van der Waals surface area (Å²) in [6, 6.07) is 31.5. The zero-order chi connectivity index (χ0) is 27.9. The van der Waals surface area contributed by atoms with Gasteiger partial charge in [-0.3, -0.25) is 14.9 Å². The normalized spacial score (nSPS) is 11.0. The number of nitrogens with one attached hydrogen (secondary N) is 1. The van der Waals surface area contributed by atoms with E-state index in [1.165, 1.54) is 5.56 Å². The van der Waals surface area contributed by atoms with Crippen LogP contribution in [0, 0.1) is 10.1 Å².